The van der Waals surface area contributed by atoms with Gasteiger partial charge in [-0.3, -0.25) is 15.5 Å². The van der Waals surface area contributed by atoms with Crippen molar-refractivity contribution in [3.8, 4) is 0 Å². The number of hydrogen-bond acceptors (Lipinski definition) is 7. The van der Waals surface area contributed by atoms with Crippen molar-refractivity contribution in [1.82, 2.24) is 16.0 Å². The van der Waals surface area contributed by atoms with Crippen molar-refractivity contribution < 1.29 is 18.0 Å². The Balaban J connectivity index is 1.79. The lowest BCUT2D eigenvalue weighted by molar-refractivity contribution is -0.142. The normalized spacial score (nSPS) is 25.1. The number of hydrogen-bond donors (Lipinski definition) is 5. The van der Waals surface area contributed by atoms with Crippen LogP contribution in [0.2, 0.25) is 0 Å². The zero-order valence-electron chi connectivity index (χ0n) is 16.8. The van der Waals surface area contributed by atoms with Gasteiger partial charge in [-0.25, -0.2) is 9.98 Å². The first-order chi connectivity index (χ1) is 14.5. The van der Waals surface area contributed by atoms with Gasteiger partial charge < -0.3 is 21.7 Å². The molecule has 3 aliphatic rings. The summed E-state index contributed by atoms with van der Waals surface area (Å²) in [4.78, 5) is 25.5. The monoisotopic (exact) mass is 460 g/mol. The van der Waals surface area contributed by atoms with E-state index in [-0.39, 0.29) is 12.3 Å². The van der Waals surface area contributed by atoms with Crippen molar-refractivity contribution in [2.45, 2.75) is 44.1 Å². The maximum Gasteiger partial charge on any atom is 0.405 e. The van der Waals surface area contributed by atoms with Crippen LogP contribution in [-0.2, 0) is 4.79 Å². The molecule has 13 heteroatoms. The first-order valence-electron chi connectivity index (χ1n) is 9.72. The number of fused-ring (bicyclic) bond motifs is 1. The van der Waals surface area contributed by atoms with Crippen LogP contribution in [0.4, 0.5) is 13.2 Å². The highest BCUT2D eigenvalue weighted by atomic mass is 35.5. The third-order valence-corrected chi connectivity index (χ3v) is 5.37. The molecule has 170 valence electrons. The molecule has 3 rings (SSSR count). The van der Waals surface area contributed by atoms with Crippen LogP contribution >= 0.6 is 11.6 Å². The Morgan fingerprint density at radius 1 is 1.48 bits per heavy atom. The van der Waals surface area contributed by atoms with Crippen molar-refractivity contribution >= 4 is 35.0 Å². The first kappa shape index (κ1) is 23.2. The lowest BCUT2D eigenvalue weighted by Crippen LogP contribution is -2.64. The van der Waals surface area contributed by atoms with E-state index in [1.54, 1.807) is 24.6 Å². The van der Waals surface area contributed by atoms with Gasteiger partial charge in [-0.15, -0.1) is 0 Å². The molecule has 0 aromatic rings. The zero-order chi connectivity index (χ0) is 22.8. The number of nitrogens with zero attached hydrogens (tertiary/aromatic N) is 3. The number of carbonyl (C=O) groups is 1. The number of amides is 1. The number of allylic oxidation sites excluding steroid dienone is 1. The summed E-state index contributed by atoms with van der Waals surface area (Å²) in [6, 6.07) is -0.995. The average Bonchev–Trinajstić information content (AvgIpc) is 3.13. The highest BCUT2D eigenvalue weighted by Gasteiger charge is 2.42. The van der Waals surface area contributed by atoms with Crippen LogP contribution < -0.4 is 27.4 Å². The van der Waals surface area contributed by atoms with Crippen molar-refractivity contribution in [2.75, 3.05) is 13.1 Å². The minimum Gasteiger partial charge on any atom is -0.349 e. The Morgan fingerprint density at radius 2 is 2.23 bits per heavy atom. The van der Waals surface area contributed by atoms with Gasteiger partial charge in [0.15, 0.2) is 0 Å². The molecule has 0 saturated heterocycles. The molecule has 0 aromatic carbocycles. The van der Waals surface area contributed by atoms with Crippen LogP contribution in [0.5, 0.6) is 0 Å². The van der Waals surface area contributed by atoms with Gasteiger partial charge in [0.1, 0.15) is 24.1 Å². The Hall–Kier alpha value is -2.44. The summed E-state index contributed by atoms with van der Waals surface area (Å²) in [5, 5.41) is 8.50. The first-order valence-corrected chi connectivity index (χ1v) is 10.1. The number of rotatable bonds is 6. The van der Waals surface area contributed by atoms with Gasteiger partial charge in [-0.05, 0) is 12.8 Å². The molecule has 0 radical (unpaired) electrons. The Labute approximate surface area is 182 Å². The highest BCUT2D eigenvalue weighted by Crippen LogP contribution is 2.31. The molecule has 31 heavy (non-hydrogen) atoms. The molecule has 0 aliphatic carbocycles. The smallest absolute Gasteiger partial charge is 0.349 e. The molecule has 7 N–H and O–H groups in total. The van der Waals surface area contributed by atoms with Crippen LogP contribution in [0.15, 0.2) is 38.0 Å². The highest BCUT2D eigenvalue weighted by molar-refractivity contribution is 6.30. The Kier molecular flexibility index (Phi) is 6.72. The Morgan fingerprint density at radius 3 is 2.90 bits per heavy atom. The van der Waals surface area contributed by atoms with Crippen LogP contribution in [0.25, 0.3) is 0 Å². The van der Waals surface area contributed by atoms with Gasteiger partial charge in [-0.1, -0.05) is 18.5 Å². The second kappa shape index (κ2) is 8.97. The van der Waals surface area contributed by atoms with E-state index in [4.69, 9.17) is 23.1 Å². The Bertz CT molecular complexity index is 895. The summed E-state index contributed by atoms with van der Waals surface area (Å²) >= 11 is 6.11. The summed E-state index contributed by atoms with van der Waals surface area (Å²) < 4.78 is 37.6. The largest absolute Gasteiger partial charge is 0.405 e. The molecule has 0 saturated carbocycles. The maximum absolute atomic E-state index is 12.5. The van der Waals surface area contributed by atoms with E-state index in [0.717, 1.165) is 11.4 Å². The van der Waals surface area contributed by atoms with Gasteiger partial charge in [0.05, 0.1) is 12.0 Å². The lowest BCUT2D eigenvalue weighted by Gasteiger charge is -2.31. The third-order valence-electron chi connectivity index (χ3n) is 5.12. The zero-order valence-corrected chi connectivity index (χ0v) is 17.5. The van der Waals surface area contributed by atoms with Crippen molar-refractivity contribution in [3.05, 3.63) is 23.0 Å². The maximum atomic E-state index is 12.5. The van der Waals surface area contributed by atoms with Crippen molar-refractivity contribution in [2.24, 2.45) is 32.4 Å². The van der Waals surface area contributed by atoms with E-state index in [0.29, 0.717) is 36.1 Å². The van der Waals surface area contributed by atoms with Crippen LogP contribution in [-0.4, -0.2) is 54.4 Å². The molecule has 9 nitrogen and oxygen atoms in total. The third kappa shape index (κ3) is 5.25. The molecule has 3 atom stereocenters. The SMILES string of the molecule is CCC(N)[C@](N)(N=C1CCN=C(C2=CNC3=NC=C(Cl)CC23)N1)C(=O)NCC(F)(F)F. The summed E-state index contributed by atoms with van der Waals surface area (Å²) in [6.45, 7) is 0.493. The number of nitrogens with two attached hydrogens (primary N) is 2. The molecule has 1 amide bonds. The van der Waals surface area contributed by atoms with E-state index in [2.05, 4.69) is 25.6 Å². The van der Waals surface area contributed by atoms with Crippen molar-refractivity contribution in [1.29, 1.82) is 0 Å². The van der Waals surface area contributed by atoms with Gasteiger partial charge in [0.25, 0.3) is 5.91 Å². The fourth-order valence-corrected chi connectivity index (χ4v) is 3.58. The number of alkyl halides is 3. The van der Waals surface area contributed by atoms with Crippen LogP contribution in [0.3, 0.4) is 0 Å². The molecule has 3 heterocycles. The topological polar surface area (TPSA) is 142 Å². The van der Waals surface area contributed by atoms with E-state index in [1.807, 2.05) is 0 Å². The van der Waals surface area contributed by atoms with Crippen LogP contribution in [0.1, 0.15) is 26.2 Å². The average molecular weight is 461 g/mol. The van der Waals surface area contributed by atoms with E-state index in [9.17, 15) is 18.0 Å². The fourth-order valence-electron chi connectivity index (χ4n) is 3.37. The number of halogens is 4. The molecule has 0 bridgehead atoms. The molecule has 0 aromatic heterocycles. The van der Waals surface area contributed by atoms with Crippen molar-refractivity contribution in [3.63, 3.8) is 0 Å². The van der Waals surface area contributed by atoms with Gasteiger partial charge in [0.2, 0.25) is 5.66 Å². The second-order valence-corrected chi connectivity index (χ2v) is 7.88. The number of nitrogens with one attached hydrogen (secondary N) is 3. The minimum atomic E-state index is -4.58. The lowest BCUT2D eigenvalue weighted by atomic mass is 9.94. The van der Waals surface area contributed by atoms with E-state index >= 15 is 0 Å². The molecule has 3 aliphatic heterocycles. The summed E-state index contributed by atoms with van der Waals surface area (Å²) in [6.07, 6.45) is -0.152. The molecule has 0 fully saturated rings. The molecular formula is C18H24ClF3N8O. The van der Waals surface area contributed by atoms with E-state index < -0.39 is 30.3 Å². The second-order valence-electron chi connectivity index (χ2n) is 7.39. The number of carbonyl (C=O) groups excluding carboxylic acids is 1. The van der Waals surface area contributed by atoms with E-state index in [1.165, 1.54) is 0 Å². The molecule has 2 unspecified atom stereocenters. The summed E-state index contributed by atoms with van der Waals surface area (Å²) in [5.74, 6) is 0.335. The van der Waals surface area contributed by atoms with Gasteiger partial charge in [0, 0.05) is 36.0 Å². The number of aliphatic imine (C=N–C) groups is 3. The molecular weight excluding hydrogens is 437 g/mol. The molecule has 0 spiro atoms. The van der Waals surface area contributed by atoms with Gasteiger partial charge >= 0.3 is 6.18 Å². The fraction of sp³-hybridized carbons (Fsp3) is 0.556. The predicted molar refractivity (Wildman–Crippen MR) is 112 cm³/mol. The standard InChI is InChI=1S/C18H24ClF3N8O/c1-2-12(23)18(24,16(31)28-8-17(20,21)22)30-13-3-4-25-15(29-13)11-7-27-14-10(11)5-9(19)6-26-14/h6-7,10,12H,2-5,8,23-24H2,1H3,(H,26,27)(H,28,31)(H,25,29,30)/t10?,12?,18-/m0/s1. The predicted octanol–water partition coefficient (Wildman–Crippen LogP) is 0.833. The minimum absolute atomic E-state index is 0.112. The summed E-state index contributed by atoms with van der Waals surface area (Å²) in [5.41, 5.74) is 10.8. The quantitative estimate of drug-likeness (QED) is 0.399. The number of amidine groups is 3. The summed E-state index contributed by atoms with van der Waals surface area (Å²) in [7, 11) is 0. The van der Waals surface area contributed by atoms with Gasteiger partial charge in [-0.2, -0.15) is 13.2 Å². The van der Waals surface area contributed by atoms with Crippen LogP contribution in [0, 0.1) is 5.92 Å².